The van der Waals surface area contributed by atoms with Crippen LogP contribution in [0.1, 0.15) is 28.1 Å². The first-order chi connectivity index (χ1) is 23.6. The molecular weight excluding hydrogens is 662 g/mol. The number of benzene rings is 2. The molecule has 0 saturated carbocycles. The number of anilines is 1. The fourth-order valence-electron chi connectivity index (χ4n) is 6.96. The molecule has 0 spiro atoms. The molecule has 4 aromatic heterocycles. The van der Waals surface area contributed by atoms with Crippen molar-refractivity contribution in [2.75, 3.05) is 18.0 Å². The van der Waals surface area contributed by atoms with Gasteiger partial charge in [-0.1, -0.05) is 17.7 Å². The number of phenols is 1. The van der Waals surface area contributed by atoms with Crippen LogP contribution < -0.4 is 4.90 Å². The molecule has 0 amide bonds. The van der Waals surface area contributed by atoms with E-state index < -0.39 is 10.0 Å². The number of nitriles is 1. The largest absolute Gasteiger partial charge is 0.508 e. The Kier molecular flexibility index (Phi) is 7.47. The lowest BCUT2D eigenvalue weighted by Gasteiger charge is -2.56. The van der Waals surface area contributed by atoms with Crippen LogP contribution in [0.2, 0.25) is 0 Å². The van der Waals surface area contributed by atoms with Crippen molar-refractivity contribution in [3.05, 3.63) is 107 Å². The molecule has 49 heavy (non-hydrogen) atoms. The molecule has 0 radical (unpaired) electrons. The van der Waals surface area contributed by atoms with Crippen LogP contribution in [0.15, 0.2) is 84.1 Å². The van der Waals surface area contributed by atoms with E-state index in [1.165, 1.54) is 39.7 Å². The number of hydrogen-bond acceptors (Lipinski definition) is 10. The predicted molar refractivity (Wildman–Crippen MR) is 185 cm³/mol. The van der Waals surface area contributed by atoms with Gasteiger partial charge in [-0.25, -0.2) is 31.7 Å². The average Bonchev–Trinajstić information content (AvgIpc) is 3.72. The molecule has 3 saturated heterocycles. The molecule has 9 rings (SSSR count). The molecule has 3 aliphatic heterocycles. The Bertz CT molecular complexity index is 2390. The molecule has 3 fully saturated rings. The number of fused-ring (bicyclic) bond motifs is 3. The number of aromatic nitrogens is 4. The van der Waals surface area contributed by atoms with E-state index in [0.717, 1.165) is 35.9 Å². The van der Waals surface area contributed by atoms with Crippen molar-refractivity contribution >= 4 is 38.2 Å². The fourth-order valence-corrected chi connectivity index (χ4v) is 9.28. The third-order valence-corrected chi connectivity index (χ3v) is 12.1. The zero-order valence-corrected chi connectivity index (χ0v) is 28.2. The molecule has 2 unspecified atom stereocenters. The molecule has 10 nitrogen and oxygen atoms in total. The third-order valence-electron chi connectivity index (χ3n) is 9.44. The van der Waals surface area contributed by atoms with Crippen LogP contribution in [0.4, 0.5) is 10.2 Å². The lowest BCUT2D eigenvalue weighted by atomic mass is 9.86. The maximum absolute atomic E-state index is 14.2. The monoisotopic (exact) mass is 691 g/mol. The van der Waals surface area contributed by atoms with E-state index >= 15 is 0 Å². The standard InChI is InChI=1S/C36H30FN7O3S2/c1-21-3-7-29(8-4-21)49(46,47)44-31(33-17-39-22(2)48-33)13-30-35(25(14-38)16-41-36(30)44)23-5-10-34(40-15-23)42-19-27-12-28(20-42)43(27)18-24-11-26(37)6-9-32(24)45/h3-11,13,15-17,27-28,45H,12,18-20H2,1-2H3. The Morgan fingerprint density at radius 1 is 0.980 bits per heavy atom. The van der Waals surface area contributed by atoms with Gasteiger partial charge in [-0.3, -0.25) is 4.90 Å². The van der Waals surface area contributed by atoms with Gasteiger partial charge in [-0.2, -0.15) is 5.26 Å². The number of aryl methyl sites for hydroxylation is 2. The number of piperidine rings is 1. The van der Waals surface area contributed by atoms with Crippen molar-refractivity contribution < 1.29 is 17.9 Å². The molecule has 6 aromatic rings. The van der Waals surface area contributed by atoms with Gasteiger partial charge in [-0.15, -0.1) is 11.3 Å². The van der Waals surface area contributed by atoms with E-state index in [-0.39, 0.29) is 34.2 Å². The van der Waals surface area contributed by atoms with Crippen LogP contribution in [-0.4, -0.2) is 62.5 Å². The second-order valence-electron chi connectivity index (χ2n) is 12.6. The average molecular weight is 692 g/mol. The number of rotatable bonds is 7. The van der Waals surface area contributed by atoms with Gasteiger partial charge >= 0.3 is 0 Å². The van der Waals surface area contributed by atoms with Gasteiger partial charge in [0.2, 0.25) is 0 Å². The minimum absolute atomic E-state index is 0.0971. The SMILES string of the molecule is Cc1ccc(S(=O)(=O)n2c(-c3cnc(C)s3)cc3c(-c4ccc(N5CC6CC(C5)N6Cc5cc(F)ccc5O)nc4)c(C#N)cnc32)cc1. The molecule has 3 aliphatic rings. The van der Waals surface area contributed by atoms with Crippen molar-refractivity contribution in [2.45, 2.75) is 43.8 Å². The van der Waals surface area contributed by atoms with Crippen molar-refractivity contribution in [1.29, 1.82) is 5.26 Å². The van der Waals surface area contributed by atoms with E-state index in [4.69, 9.17) is 4.98 Å². The summed E-state index contributed by atoms with van der Waals surface area (Å²) in [4.78, 5) is 19.0. The molecule has 2 bridgehead atoms. The molecule has 1 N–H and O–H groups in total. The highest BCUT2D eigenvalue weighted by Gasteiger charge is 2.45. The first-order valence-electron chi connectivity index (χ1n) is 15.7. The van der Waals surface area contributed by atoms with E-state index in [9.17, 15) is 23.2 Å². The fraction of sp³-hybridized carbons (Fsp3) is 0.222. The normalized spacial score (nSPS) is 17.6. The number of phenolic OH excluding ortho intramolecular Hbond substituents is 1. The predicted octanol–water partition coefficient (Wildman–Crippen LogP) is 6.26. The number of halogens is 1. The first kappa shape index (κ1) is 31.1. The minimum Gasteiger partial charge on any atom is -0.508 e. The maximum atomic E-state index is 14.2. The van der Waals surface area contributed by atoms with E-state index in [2.05, 4.69) is 25.8 Å². The highest BCUT2D eigenvalue weighted by atomic mass is 32.2. The molecule has 7 heterocycles. The van der Waals surface area contributed by atoms with Crippen LogP contribution in [0.5, 0.6) is 5.75 Å². The number of thiazole rings is 1. The lowest BCUT2D eigenvalue weighted by Crippen LogP contribution is -2.68. The summed E-state index contributed by atoms with van der Waals surface area (Å²) >= 11 is 1.38. The maximum Gasteiger partial charge on any atom is 0.269 e. The van der Waals surface area contributed by atoms with Crippen LogP contribution in [0.25, 0.3) is 32.7 Å². The second kappa shape index (κ2) is 11.8. The van der Waals surface area contributed by atoms with Gasteiger partial charge in [0.15, 0.2) is 5.65 Å². The summed E-state index contributed by atoms with van der Waals surface area (Å²) in [7, 11) is -4.09. The van der Waals surface area contributed by atoms with Gasteiger partial charge in [0, 0.05) is 72.4 Å². The highest BCUT2D eigenvalue weighted by Crippen LogP contribution is 2.41. The summed E-state index contributed by atoms with van der Waals surface area (Å²) in [5.41, 5.74) is 3.65. The Hall–Kier alpha value is -5.16. The summed E-state index contributed by atoms with van der Waals surface area (Å²) in [5.74, 6) is 0.519. The van der Waals surface area contributed by atoms with E-state index in [0.29, 0.717) is 44.8 Å². The Labute approximate surface area is 286 Å². The Morgan fingerprint density at radius 2 is 1.76 bits per heavy atom. The summed E-state index contributed by atoms with van der Waals surface area (Å²) in [6.07, 6.45) is 5.81. The topological polar surface area (TPSA) is 128 Å². The highest BCUT2D eigenvalue weighted by molar-refractivity contribution is 7.90. The van der Waals surface area contributed by atoms with Crippen LogP contribution in [-0.2, 0) is 16.6 Å². The van der Waals surface area contributed by atoms with E-state index in [1.807, 2.05) is 26.0 Å². The number of nitrogens with zero attached hydrogens (tertiary/aromatic N) is 7. The number of aromatic hydroxyl groups is 1. The van der Waals surface area contributed by atoms with Crippen LogP contribution in [0.3, 0.4) is 0 Å². The van der Waals surface area contributed by atoms with Crippen LogP contribution in [0, 0.1) is 31.0 Å². The Morgan fingerprint density at radius 3 is 2.43 bits per heavy atom. The second-order valence-corrected chi connectivity index (χ2v) is 15.6. The van der Waals surface area contributed by atoms with E-state index in [1.54, 1.807) is 42.7 Å². The van der Waals surface area contributed by atoms with Crippen LogP contribution >= 0.6 is 11.3 Å². The van der Waals surface area contributed by atoms with Crippen molar-refractivity contribution in [3.63, 3.8) is 0 Å². The van der Waals surface area contributed by atoms with Gasteiger partial charge in [-0.05, 0) is 68.8 Å². The summed E-state index contributed by atoms with van der Waals surface area (Å²) in [5, 5.41) is 21.7. The van der Waals surface area contributed by atoms with Crippen molar-refractivity contribution in [2.24, 2.45) is 0 Å². The molecular formula is C36H30FN7O3S2. The smallest absolute Gasteiger partial charge is 0.269 e. The zero-order chi connectivity index (χ0) is 34.0. The first-order valence-corrected chi connectivity index (χ1v) is 18.0. The zero-order valence-electron chi connectivity index (χ0n) is 26.6. The van der Waals surface area contributed by atoms with Crippen molar-refractivity contribution in [3.8, 4) is 33.5 Å². The van der Waals surface area contributed by atoms with Gasteiger partial charge in [0.25, 0.3) is 10.0 Å². The van der Waals surface area contributed by atoms with Crippen molar-refractivity contribution in [1.82, 2.24) is 23.8 Å². The number of piperazine rings is 1. The number of hydrogen-bond donors (Lipinski definition) is 1. The third kappa shape index (κ3) is 5.32. The molecule has 2 atom stereocenters. The lowest BCUT2D eigenvalue weighted by molar-refractivity contribution is -0.00921. The summed E-state index contributed by atoms with van der Waals surface area (Å²) in [6.45, 7) is 5.71. The molecule has 246 valence electrons. The quantitative estimate of drug-likeness (QED) is 0.207. The molecule has 13 heteroatoms. The van der Waals surface area contributed by atoms with Gasteiger partial charge in [0.05, 0.1) is 26.0 Å². The molecule has 0 aliphatic carbocycles. The van der Waals surface area contributed by atoms with Gasteiger partial charge < -0.3 is 10.0 Å². The van der Waals surface area contributed by atoms with Gasteiger partial charge in [0.1, 0.15) is 23.5 Å². The number of pyridine rings is 2. The Balaban J connectivity index is 1.15. The molecule has 2 aromatic carbocycles. The summed E-state index contributed by atoms with van der Waals surface area (Å²) in [6, 6.07) is 19.1. The summed E-state index contributed by atoms with van der Waals surface area (Å²) < 4.78 is 43.5. The minimum atomic E-state index is -4.09.